The van der Waals surface area contributed by atoms with Gasteiger partial charge in [0.25, 0.3) is 0 Å². The van der Waals surface area contributed by atoms with Gasteiger partial charge in [0.2, 0.25) is 0 Å². The molecule has 4 heteroatoms. The Kier molecular flexibility index (Phi) is 6.45. The Morgan fingerprint density at radius 2 is 0.960 bits per heavy atom. The second-order valence-electron chi connectivity index (χ2n) is 6.52. The molecule has 4 nitrogen and oxygen atoms in total. The van der Waals surface area contributed by atoms with Crippen molar-refractivity contribution in [3.8, 4) is 11.5 Å². The first-order chi connectivity index (χ1) is 11.9. The van der Waals surface area contributed by atoms with E-state index in [-0.39, 0.29) is 18.0 Å². The molecular weight excluding hydrogens is 316 g/mol. The summed E-state index contributed by atoms with van der Waals surface area (Å²) in [5.41, 5.74) is 2.30. The maximum Gasteiger partial charge on any atom is 0.196 e. The molecule has 0 saturated carbocycles. The van der Waals surface area contributed by atoms with E-state index in [1.54, 1.807) is 14.2 Å². The third-order valence-electron chi connectivity index (χ3n) is 4.42. The molecule has 0 aromatic heterocycles. The number of ether oxygens (including phenoxy) is 4. The fourth-order valence-electron chi connectivity index (χ4n) is 2.55. The van der Waals surface area contributed by atoms with E-state index in [2.05, 4.69) is 38.1 Å². The molecule has 25 heavy (non-hydrogen) atoms. The molecule has 0 heterocycles. The minimum atomic E-state index is -0.263. The third-order valence-corrected chi connectivity index (χ3v) is 4.42. The second kappa shape index (κ2) is 8.37. The number of hydrogen-bond donors (Lipinski definition) is 0. The number of rotatable bonds is 8. The van der Waals surface area contributed by atoms with Crippen LogP contribution < -0.4 is 9.47 Å². The first-order valence-electron chi connectivity index (χ1n) is 8.46. The normalized spacial score (nSPS) is 14.0. The third kappa shape index (κ3) is 4.97. The zero-order valence-electron chi connectivity index (χ0n) is 15.9. The van der Waals surface area contributed by atoms with E-state index in [1.165, 1.54) is 11.1 Å². The smallest absolute Gasteiger partial charge is 0.196 e. The Hall–Kier alpha value is -2.04. The summed E-state index contributed by atoms with van der Waals surface area (Å²) < 4.78 is 21.5. The van der Waals surface area contributed by atoms with Crippen molar-refractivity contribution in [1.82, 2.24) is 0 Å². The van der Waals surface area contributed by atoms with Gasteiger partial charge in [-0.05, 0) is 49.2 Å². The van der Waals surface area contributed by atoms with Crippen LogP contribution in [0.4, 0.5) is 0 Å². The zero-order valence-corrected chi connectivity index (χ0v) is 15.9. The molecule has 0 radical (unpaired) electrons. The van der Waals surface area contributed by atoms with Crippen molar-refractivity contribution in [3.05, 3.63) is 59.7 Å². The van der Waals surface area contributed by atoms with Gasteiger partial charge in [-0.2, -0.15) is 0 Å². The summed E-state index contributed by atoms with van der Waals surface area (Å²) in [6.07, 6.45) is -0.526. The predicted molar refractivity (Wildman–Crippen MR) is 99.2 cm³/mol. The molecule has 0 fully saturated rings. The van der Waals surface area contributed by atoms with Gasteiger partial charge in [-0.15, -0.1) is 0 Å². The van der Waals surface area contributed by atoms with Gasteiger partial charge >= 0.3 is 0 Å². The predicted octanol–water partition coefficient (Wildman–Crippen LogP) is 4.75. The molecule has 0 amide bonds. The molecule has 2 aromatic carbocycles. The number of benzene rings is 2. The monoisotopic (exact) mass is 344 g/mol. The van der Waals surface area contributed by atoms with Crippen molar-refractivity contribution in [1.29, 1.82) is 0 Å². The summed E-state index contributed by atoms with van der Waals surface area (Å²) in [6, 6.07) is 16.3. The van der Waals surface area contributed by atoms with Gasteiger partial charge in [0.1, 0.15) is 11.5 Å². The average Bonchev–Trinajstić information content (AvgIpc) is 2.62. The summed E-state index contributed by atoms with van der Waals surface area (Å²) in [7, 11) is 3.26. The largest absolute Gasteiger partial charge is 0.465 e. The van der Waals surface area contributed by atoms with Crippen LogP contribution in [0.15, 0.2) is 48.5 Å². The van der Waals surface area contributed by atoms with Crippen LogP contribution in [0, 0.1) is 0 Å². The van der Waals surface area contributed by atoms with E-state index < -0.39 is 0 Å². The molecule has 0 spiro atoms. The highest BCUT2D eigenvalue weighted by molar-refractivity contribution is 5.41. The van der Waals surface area contributed by atoms with E-state index in [1.807, 2.05) is 38.1 Å². The lowest BCUT2D eigenvalue weighted by molar-refractivity contribution is -0.0385. The SMILES string of the molecule is COC(C)Oc1ccc(C(C)(C)c2ccc(OC(C)OC)cc2)cc1. The molecule has 2 rings (SSSR count). The van der Waals surface area contributed by atoms with E-state index in [9.17, 15) is 0 Å². The average molecular weight is 344 g/mol. The highest BCUT2D eigenvalue weighted by Crippen LogP contribution is 2.33. The van der Waals surface area contributed by atoms with Gasteiger partial charge in [-0.25, -0.2) is 0 Å². The van der Waals surface area contributed by atoms with Gasteiger partial charge in [-0.1, -0.05) is 38.1 Å². The van der Waals surface area contributed by atoms with E-state index in [0.717, 1.165) is 11.5 Å². The van der Waals surface area contributed by atoms with Crippen LogP contribution in [0.3, 0.4) is 0 Å². The molecule has 2 atom stereocenters. The van der Waals surface area contributed by atoms with Crippen LogP contribution in [0.25, 0.3) is 0 Å². The molecule has 0 saturated heterocycles. The van der Waals surface area contributed by atoms with Crippen molar-refractivity contribution in [2.24, 2.45) is 0 Å². The van der Waals surface area contributed by atoms with Gasteiger partial charge in [0, 0.05) is 19.6 Å². The standard InChI is InChI=1S/C21H28O4/c1-15(22-5)24-19-11-7-17(8-12-19)21(3,4)18-9-13-20(14-10-18)25-16(2)23-6/h7-16H,1-6H3. The highest BCUT2D eigenvalue weighted by atomic mass is 16.7. The molecule has 136 valence electrons. The number of methoxy groups -OCH3 is 2. The first kappa shape index (κ1) is 19.3. The molecule has 0 aliphatic carbocycles. The van der Waals surface area contributed by atoms with Crippen LogP contribution in [0.1, 0.15) is 38.8 Å². The van der Waals surface area contributed by atoms with Crippen molar-refractivity contribution >= 4 is 0 Å². The Labute approximate surface area is 150 Å². The minimum absolute atomic E-state index is 0.128. The van der Waals surface area contributed by atoms with Crippen LogP contribution in [-0.4, -0.2) is 26.8 Å². The summed E-state index contributed by atoms with van der Waals surface area (Å²) in [6.45, 7) is 8.14. The van der Waals surface area contributed by atoms with E-state index >= 15 is 0 Å². The van der Waals surface area contributed by atoms with Crippen molar-refractivity contribution in [3.63, 3.8) is 0 Å². The Morgan fingerprint density at radius 3 is 1.24 bits per heavy atom. The van der Waals surface area contributed by atoms with E-state index in [4.69, 9.17) is 18.9 Å². The maximum atomic E-state index is 5.65. The molecular formula is C21H28O4. The summed E-state index contributed by atoms with van der Waals surface area (Å²) in [4.78, 5) is 0. The van der Waals surface area contributed by atoms with Gasteiger partial charge in [0.15, 0.2) is 12.6 Å². The molecule has 0 aliphatic heterocycles. The van der Waals surface area contributed by atoms with E-state index in [0.29, 0.717) is 0 Å². The zero-order chi connectivity index (χ0) is 18.4. The van der Waals surface area contributed by atoms with Crippen molar-refractivity contribution in [2.45, 2.75) is 45.7 Å². The van der Waals surface area contributed by atoms with Crippen molar-refractivity contribution in [2.75, 3.05) is 14.2 Å². The van der Waals surface area contributed by atoms with Crippen molar-refractivity contribution < 1.29 is 18.9 Å². The fourth-order valence-corrected chi connectivity index (χ4v) is 2.55. The second-order valence-corrected chi connectivity index (χ2v) is 6.52. The summed E-state index contributed by atoms with van der Waals surface area (Å²) in [5.74, 6) is 1.59. The molecule has 0 aliphatic rings. The highest BCUT2D eigenvalue weighted by Gasteiger charge is 2.23. The number of hydrogen-bond acceptors (Lipinski definition) is 4. The quantitative estimate of drug-likeness (QED) is 0.647. The fraction of sp³-hybridized carbons (Fsp3) is 0.429. The Balaban J connectivity index is 2.14. The van der Waals surface area contributed by atoms with Crippen LogP contribution in [-0.2, 0) is 14.9 Å². The lowest BCUT2D eigenvalue weighted by Gasteiger charge is -2.27. The lowest BCUT2D eigenvalue weighted by atomic mass is 9.78. The lowest BCUT2D eigenvalue weighted by Crippen LogP contribution is -2.19. The summed E-state index contributed by atoms with van der Waals surface area (Å²) >= 11 is 0. The topological polar surface area (TPSA) is 36.9 Å². The first-order valence-corrected chi connectivity index (χ1v) is 8.46. The van der Waals surface area contributed by atoms with Crippen LogP contribution >= 0.6 is 0 Å². The molecule has 0 bridgehead atoms. The molecule has 2 unspecified atom stereocenters. The van der Waals surface area contributed by atoms with Gasteiger partial charge < -0.3 is 18.9 Å². The van der Waals surface area contributed by atoms with Crippen LogP contribution in [0.2, 0.25) is 0 Å². The van der Waals surface area contributed by atoms with Crippen LogP contribution in [0.5, 0.6) is 11.5 Å². The minimum Gasteiger partial charge on any atom is -0.465 e. The Morgan fingerprint density at radius 1 is 0.640 bits per heavy atom. The molecule has 2 aromatic rings. The van der Waals surface area contributed by atoms with Gasteiger partial charge in [-0.3, -0.25) is 0 Å². The Bertz CT molecular complexity index is 589. The van der Waals surface area contributed by atoms with Gasteiger partial charge in [0.05, 0.1) is 0 Å². The summed E-state index contributed by atoms with van der Waals surface area (Å²) in [5, 5.41) is 0. The maximum absolute atomic E-state index is 5.65. The molecule has 0 N–H and O–H groups in total.